The highest BCUT2D eigenvalue weighted by Crippen LogP contribution is 2.35. The van der Waals surface area contributed by atoms with Crippen molar-refractivity contribution in [3.8, 4) is 32.3 Å². The summed E-state index contributed by atoms with van der Waals surface area (Å²) >= 11 is 1.68. The van der Waals surface area contributed by atoms with E-state index < -0.39 is 0 Å². The molecule has 0 radical (unpaired) electrons. The Bertz CT molecular complexity index is 1080. The summed E-state index contributed by atoms with van der Waals surface area (Å²) in [5, 5.41) is 1.01. The summed E-state index contributed by atoms with van der Waals surface area (Å²) in [5.74, 6) is 0.772. The molecule has 0 amide bonds. The number of thiazole rings is 1. The molecule has 0 aliphatic carbocycles. The largest absolute Gasteiger partial charge is 0.341 e. The van der Waals surface area contributed by atoms with Gasteiger partial charge in [-0.1, -0.05) is 54.6 Å². The van der Waals surface area contributed by atoms with E-state index in [1.54, 1.807) is 11.3 Å². The van der Waals surface area contributed by atoms with Crippen LogP contribution in [0.3, 0.4) is 0 Å². The van der Waals surface area contributed by atoms with Gasteiger partial charge in [-0.15, -0.1) is 11.3 Å². The Labute approximate surface area is 175 Å². The average molecular weight is 401 g/mol. The highest BCUT2D eigenvalue weighted by atomic mass is 32.1. The number of anilines is 1. The maximum absolute atomic E-state index is 4.82. The Hall–Kier alpha value is -3.05. The summed E-state index contributed by atoms with van der Waals surface area (Å²) in [6.07, 6.45) is 1.84. The van der Waals surface area contributed by atoms with Crippen LogP contribution in [0.25, 0.3) is 32.3 Å². The van der Waals surface area contributed by atoms with Crippen molar-refractivity contribution in [2.45, 2.75) is 20.8 Å². The Morgan fingerprint density at radius 1 is 0.793 bits per heavy atom. The van der Waals surface area contributed by atoms with Crippen LogP contribution in [-0.2, 0) is 0 Å². The van der Waals surface area contributed by atoms with Gasteiger partial charge < -0.3 is 4.90 Å². The third-order valence-corrected chi connectivity index (χ3v) is 6.19. The molecule has 4 aromatic rings. The van der Waals surface area contributed by atoms with Crippen molar-refractivity contribution in [1.82, 2.24) is 15.0 Å². The molecule has 146 valence electrons. The van der Waals surface area contributed by atoms with Crippen LogP contribution in [0, 0.1) is 6.92 Å². The summed E-state index contributed by atoms with van der Waals surface area (Å²) in [6.45, 7) is 8.07. The number of hydrogen-bond acceptors (Lipinski definition) is 5. The normalized spacial score (nSPS) is 10.9. The lowest BCUT2D eigenvalue weighted by Crippen LogP contribution is -2.24. The molecule has 4 nitrogen and oxygen atoms in total. The van der Waals surface area contributed by atoms with Gasteiger partial charge in [-0.05, 0) is 38.0 Å². The standard InChI is InChI=1S/C24H24N4S/c1-4-28(5-2)24-25-16-15-21(27-24)22-17(3)26-23(29-22)20-13-11-19(12-14-20)18-9-7-6-8-10-18/h6-16H,4-5H2,1-3H3. The van der Waals surface area contributed by atoms with Crippen LogP contribution in [0.15, 0.2) is 66.9 Å². The van der Waals surface area contributed by atoms with E-state index in [0.717, 1.165) is 45.9 Å². The molecule has 0 atom stereocenters. The minimum atomic E-state index is 0.772. The highest BCUT2D eigenvalue weighted by Gasteiger charge is 2.14. The van der Waals surface area contributed by atoms with Gasteiger partial charge in [0, 0.05) is 24.8 Å². The quantitative estimate of drug-likeness (QED) is 0.393. The molecule has 29 heavy (non-hydrogen) atoms. The van der Waals surface area contributed by atoms with Gasteiger partial charge in [-0.3, -0.25) is 0 Å². The predicted octanol–water partition coefficient (Wildman–Crippen LogP) is 6.09. The molecule has 0 aliphatic rings. The van der Waals surface area contributed by atoms with E-state index in [4.69, 9.17) is 9.97 Å². The lowest BCUT2D eigenvalue weighted by molar-refractivity contribution is 0.822. The summed E-state index contributed by atoms with van der Waals surface area (Å²) < 4.78 is 0. The van der Waals surface area contributed by atoms with Crippen molar-refractivity contribution in [2.75, 3.05) is 18.0 Å². The molecule has 2 aromatic heterocycles. The molecular weight excluding hydrogens is 376 g/mol. The Balaban J connectivity index is 1.64. The number of aromatic nitrogens is 3. The Morgan fingerprint density at radius 2 is 1.45 bits per heavy atom. The zero-order valence-electron chi connectivity index (χ0n) is 17.0. The van der Waals surface area contributed by atoms with E-state index in [1.165, 1.54) is 11.1 Å². The molecule has 0 bridgehead atoms. The van der Waals surface area contributed by atoms with Crippen molar-refractivity contribution in [3.05, 3.63) is 72.6 Å². The van der Waals surface area contributed by atoms with Gasteiger partial charge in [-0.2, -0.15) is 0 Å². The lowest BCUT2D eigenvalue weighted by atomic mass is 10.0. The molecule has 0 aliphatic heterocycles. The van der Waals surface area contributed by atoms with Crippen LogP contribution >= 0.6 is 11.3 Å². The summed E-state index contributed by atoms with van der Waals surface area (Å²) in [7, 11) is 0. The summed E-state index contributed by atoms with van der Waals surface area (Å²) in [4.78, 5) is 17.3. The van der Waals surface area contributed by atoms with Crippen molar-refractivity contribution in [2.24, 2.45) is 0 Å². The van der Waals surface area contributed by atoms with Crippen LogP contribution in [0.4, 0.5) is 5.95 Å². The molecule has 2 aromatic carbocycles. The van der Waals surface area contributed by atoms with E-state index in [-0.39, 0.29) is 0 Å². The van der Waals surface area contributed by atoms with Crippen molar-refractivity contribution in [1.29, 1.82) is 0 Å². The van der Waals surface area contributed by atoms with E-state index in [0.29, 0.717) is 0 Å². The topological polar surface area (TPSA) is 41.9 Å². The first kappa shape index (κ1) is 19.3. The minimum Gasteiger partial charge on any atom is -0.341 e. The van der Waals surface area contributed by atoms with Crippen LogP contribution in [0.5, 0.6) is 0 Å². The van der Waals surface area contributed by atoms with E-state index in [1.807, 2.05) is 25.3 Å². The zero-order chi connectivity index (χ0) is 20.2. The highest BCUT2D eigenvalue weighted by molar-refractivity contribution is 7.18. The SMILES string of the molecule is CCN(CC)c1nccc(-c2sc(-c3ccc(-c4ccccc4)cc3)nc2C)n1. The van der Waals surface area contributed by atoms with Crippen molar-refractivity contribution < 1.29 is 0 Å². The first-order valence-corrected chi connectivity index (χ1v) is 10.7. The molecule has 0 fully saturated rings. The molecule has 4 rings (SSSR count). The van der Waals surface area contributed by atoms with Crippen LogP contribution in [-0.4, -0.2) is 28.0 Å². The maximum Gasteiger partial charge on any atom is 0.225 e. The second-order valence-corrected chi connectivity index (χ2v) is 7.79. The van der Waals surface area contributed by atoms with Gasteiger partial charge in [0.2, 0.25) is 5.95 Å². The van der Waals surface area contributed by atoms with E-state index in [2.05, 4.69) is 72.3 Å². The Morgan fingerprint density at radius 3 is 2.14 bits per heavy atom. The summed E-state index contributed by atoms with van der Waals surface area (Å²) in [5.41, 5.74) is 5.50. The molecule has 0 unspecified atom stereocenters. The molecule has 0 saturated carbocycles. The lowest BCUT2D eigenvalue weighted by Gasteiger charge is -2.18. The minimum absolute atomic E-state index is 0.772. The maximum atomic E-state index is 4.82. The second kappa shape index (κ2) is 8.53. The molecule has 0 spiro atoms. The predicted molar refractivity (Wildman–Crippen MR) is 122 cm³/mol. The average Bonchev–Trinajstić information content (AvgIpc) is 3.17. The van der Waals surface area contributed by atoms with Crippen LogP contribution < -0.4 is 4.90 Å². The molecule has 0 saturated heterocycles. The molecule has 5 heteroatoms. The molecular formula is C24H24N4S. The van der Waals surface area contributed by atoms with E-state index in [9.17, 15) is 0 Å². The van der Waals surface area contributed by atoms with Crippen molar-refractivity contribution in [3.63, 3.8) is 0 Å². The summed E-state index contributed by atoms with van der Waals surface area (Å²) in [6, 6.07) is 21.0. The van der Waals surface area contributed by atoms with Crippen LogP contribution in [0.1, 0.15) is 19.5 Å². The first-order chi connectivity index (χ1) is 14.2. The van der Waals surface area contributed by atoms with Gasteiger partial charge in [0.25, 0.3) is 0 Å². The third kappa shape index (κ3) is 4.05. The van der Waals surface area contributed by atoms with Crippen molar-refractivity contribution >= 4 is 17.3 Å². The van der Waals surface area contributed by atoms with Crippen LogP contribution in [0.2, 0.25) is 0 Å². The fourth-order valence-corrected chi connectivity index (χ4v) is 4.37. The number of rotatable bonds is 6. The fourth-order valence-electron chi connectivity index (χ4n) is 3.33. The van der Waals surface area contributed by atoms with Gasteiger partial charge in [-0.25, -0.2) is 15.0 Å². The van der Waals surface area contributed by atoms with Gasteiger partial charge >= 0.3 is 0 Å². The second-order valence-electron chi connectivity index (χ2n) is 6.79. The molecule has 2 heterocycles. The number of aryl methyl sites for hydroxylation is 1. The van der Waals surface area contributed by atoms with Gasteiger partial charge in [0.15, 0.2) is 0 Å². The molecule has 0 N–H and O–H groups in total. The zero-order valence-corrected chi connectivity index (χ0v) is 17.8. The van der Waals surface area contributed by atoms with Gasteiger partial charge in [0.05, 0.1) is 16.3 Å². The first-order valence-electron chi connectivity index (χ1n) is 9.91. The van der Waals surface area contributed by atoms with E-state index >= 15 is 0 Å². The Kier molecular flexibility index (Phi) is 5.67. The number of benzene rings is 2. The smallest absolute Gasteiger partial charge is 0.225 e. The third-order valence-electron chi connectivity index (χ3n) is 4.96. The van der Waals surface area contributed by atoms with Gasteiger partial charge in [0.1, 0.15) is 5.01 Å². The monoisotopic (exact) mass is 400 g/mol. The number of nitrogens with zero attached hydrogens (tertiary/aromatic N) is 4. The fraction of sp³-hybridized carbons (Fsp3) is 0.208. The number of hydrogen-bond donors (Lipinski definition) is 0.